The highest BCUT2D eigenvalue weighted by molar-refractivity contribution is 5.93. The summed E-state index contributed by atoms with van der Waals surface area (Å²) in [6, 6.07) is 7.61. The van der Waals surface area contributed by atoms with Crippen LogP contribution in [0, 0.1) is 13.8 Å². The summed E-state index contributed by atoms with van der Waals surface area (Å²) in [7, 11) is 0. The van der Waals surface area contributed by atoms with Gasteiger partial charge in [0.2, 0.25) is 0 Å². The maximum Gasteiger partial charge on any atom is 0.279 e. The number of hydrogen-bond donors (Lipinski definition) is 2. The molecule has 0 saturated carbocycles. The zero-order valence-corrected chi connectivity index (χ0v) is 15.5. The quantitative estimate of drug-likeness (QED) is 0.779. The molecule has 1 aromatic carbocycles. The number of aromatic nitrogens is 2. The average molecular weight is 359 g/mol. The van der Waals surface area contributed by atoms with Crippen molar-refractivity contribution in [2.45, 2.75) is 46.3 Å². The van der Waals surface area contributed by atoms with Gasteiger partial charge in [0, 0.05) is 0 Å². The molecule has 1 aromatic heterocycles. The van der Waals surface area contributed by atoms with Crippen molar-refractivity contribution in [1.82, 2.24) is 9.78 Å². The van der Waals surface area contributed by atoms with Gasteiger partial charge in [0.05, 0.1) is 12.2 Å². The Kier molecular flexibility index (Phi) is 6.15. The minimum absolute atomic E-state index is 0.00329. The molecule has 0 aliphatic heterocycles. The number of carbonyl (C=O) groups excluding carboxylic acids is 1. The Bertz CT molecular complexity index is 858. The number of ether oxygens (including phenoxy) is 1. The summed E-state index contributed by atoms with van der Waals surface area (Å²) in [4.78, 5) is 23.9. The van der Waals surface area contributed by atoms with Gasteiger partial charge in [-0.2, -0.15) is 5.10 Å². The molecule has 2 rings (SSSR count). The van der Waals surface area contributed by atoms with Crippen LogP contribution in [-0.2, 0) is 6.54 Å². The SMILES string of the molecule is Cc1nn(CC(O)COc2ccccc2C(C)C)c(=O)c(C(N)=O)c1C. The van der Waals surface area contributed by atoms with E-state index >= 15 is 0 Å². The smallest absolute Gasteiger partial charge is 0.279 e. The Hall–Kier alpha value is -2.67. The van der Waals surface area contributed by atoms with Crippen molar-refractivity contribution in [2.75, 3.05) is 6.61 Å². The number of primary amides is 1. The lowest BCUT2D eigenvalue weighted by molar-refractivity contribution is 0.0866. The number of aliphatic hydroxyl groups excluding tert-OH is 1. The molecule has 0 spiro atoms. The number of para-hydroxylation sites is 1. The van der Waals surface area contributed by atoms with Gasteiger partial charge in [-0.3, -0.25) is 9.59 Å². The molecule has 1 amide bonds. The van der Waals surface area contributed by atoms with Crippen LogP contribution in [0.15, 0.2) is 29.1 Å². The van der Waals surface area contributed by atoms with Crippen molar-refractivity contribution in [3.8, 4) is 5.75 Å². The van der Waals surface area contributed by atoms with Crippen molar-refractivity contribution < 1.29 is 14.6 Å². The van der Waals surface area contributed by atoms with E-state index in [9.17, 15) is 14.7 Å². The van der Waals surface area contributed by atoms with Gasteiger partial charge >= 0.3 is 0 Å². The van der Waals surface area contributed by atoms with Gasteiger partial charge in [0.15, 0.2) is 0 Å². The lowest BCUT2D eigenvalue weighted by Crippen LogP contribution is -2.37. The Balaban J connectivity index is 2.15. The van der Waals surface area contributed by atoms with Gasteiger partial charge in [-0.25, -0.2) is 4.68 Å². The van der Waals surface area contributed by atoms with Crippen molar-refractivity contribution in [2.24, 2.45) is 5.73 Å². The molecule has 1 heterocycles. The summed E-state index contributed by atoms with van der Waals surface area (Å²) in [5.41, 5.74) is 6.59. The summed E-state index contributed by atoms with van der Waals surface area (Å²) in [6.07, 6.45) is -0.969. The van der Waals surface area contributed by atoms with Crippen LogP contribution in [0.4, 0.5) is 0 Å². The largest absolute Gasteiger partial charge is 0.491 e. The van der Waals surface area contributed by atoms with E-state index in [2.05, 4.69) is 18.9 Å². The summed E-state index contributed by atoms with van der Waals surface area (Å²) in [5.74, 6) is 0.175. The van der Waals surface area contributed by atoms with Crippen molar-refractivity contribution in [3.05, 3.63) is 57.0 Å². The first-order chi connectivity index (χ1) is 12.2. The number of aliphatic hydroxyl groups is 1. The molecular weight excluding hydrogens is 334 g/mol. The van der Waals surface area contributed by atoms with E-state index in [-0.39, 0.29) is 24.6 Å². The van der Waals surface area contributed by atoms with E-state index in [1.165, 1.54) is 0 Å². The monoisotopic (exact) mass is 359 g/mol. The third-order valence-corrected chi connectivity index (χ3v) is 4.24. The maximum atomic E-state index is 12.4. The normalized spacial score (nSPS) is 12.2. The second kappa shape index (κ2) is 8.14. The summed E-state index contributed by atoms with van der Waals surface area (Å²) < 4.78 is 6.78. The second-order valence-corrected chi connectivity index (χ2v) is 6.59. The van der Waals surface area contributed by atoms with E-state index in [0.717, 1.165) is 10.2 Å². The van der Waals surface area contributed by atoms with Gasteiger partial charge < -0.3 is 15.6 Å². The molecule has 0 aliphatic carbocycles. The van der Waals surface area contributed by atoms with Crippen LogP contribution < -0.4 is 16.0 Å². The molecule has 2 aromatic rings. The predicted octanol–water partition coefficient (Wildman–Crippen LogP) is 1.52. The average Bonchev–Trinajstić information content (AvgIpc) is 2.58. The minimum atomic E-state index is -0.969. The predicted molar refractivity (Wildman–Crippen MR) is 98.5 cm³/mol. The first-order valence-electron chi connectivity index (χ1n) is 8.50. The highest BCUT2D eigenvalue weighted by atomic mass is 16.5. The molecule has 3 N–H and O–H groups in total. The highest BCUT2D eigenvalue weighted by Gasteiger charge is 2.18. The lowest BCUT2D eigenvalue weighted by Gasteiger charge is -2.17. The summed E-state index contributed by atoms with van der Waals surface area (Å²) in [6.45, 7) is 7.32. The number of nitrogens with zero attached hydrogens (tertiary/aromatic N) is 2. The van der Waals surface area contributed by atoms with Crippen LogP contribution >= 0.6 is 0 Å². The van der Waals surface area contributed by atoms with Crippen LogP contribution in [0.2, 0.25) is 0 Å². The van der Waals surface area contributed by atoms with Crippen molar-refractivity contribution in [3.63, 3.8) is 0 Å². The van der Waals surface area contributed by atoms with Gasteiger partial charge in [0.25, 0.3) is 11.5 Å². The summed E-state index contributed by atoms with van der Waals surface area (Å²) in [5, 5.41) is 14.4. The molecule has 140 valence electrons. The fraction of sp³-hybridized carbons (Fsp3) is 0.421. The van der Waals surface area contributed by atoms with Crippen LogP contribution in [0.5, 0.6) is 5.75 Å². The van der Waals surface area contributed by atoms with Crippen LogP contribution in [0.1, 0.15) is 46.9 Å². The fourth-order valence-electron chi connectivity index (χ4n) is 2.71. The standard InChI is InChI=1S/C19H25N3O4/c1-11(2)15-7-5-6-8-16(15)26-10-14(23)9-22-19(25)17(18(20)24)12(3)13(4)21-22/h5-8,11,14,23H,9-10H2,1-4H3,(H2,20,24). The number of hydrogen-bond acceptors (Lipinski definition) is 5. The highest BCUT2D eigenvalue weighted by Crippen LogP contribution is 2.25. The minimum Gasteiger partial charge on any atom is -0.491 e. The Morgan fingerprint density at radius 2 is 1.96 bits per heavy atom. The first kappa shape index (κ1) is 19.7. The number of nitrogens with two attached hydrogens (primary N) is 1. The maximum absolute atomic E-state index is 12.4. The zero-order chi connectivity index (χ0) is 19.4. The first-order valence-corrected chi connectivity index (χ1v) is 8.50. The Morgan fingerprint density at radius 1 is 1.31 bits per heavy atom. The Morgan fingerprint density at radius 3 is 2.58 bits per heavy atom. The van der Waals surface area contributed by atoms with Crippen LogP contribution in [0.3, 0.4) is 0 Å². The van der Waals surface area contributed by atoms with Gasteiger partial charge in [-0.1, -0.05) is 32.0 Å². The van der Waals surface area contributed by atoms with E-state index in [1.807, 2.05) is 24.3 Å². The third-order valence-electron chi connectivity index (χ3n) is 4.24. The van der Waals surface area contributed by atoms with E-state index in [4.69, 9.17) is 10.5 Å². The number of benzene rings is 1. The second-order valence-electron chi connectivity index (χ2n) is 6.59. The van der Waals surface area contributed by atoms with Gasteiger partial charge in [0.1, 0.15) is 24.0 Å². The molecule has 1 unspecified atom stereocenters. The molecule has 0 aliphatic rings. The zero-order valence-electron chi connectivity index (χ0n) is 15.5. The van der Waals surface area contributed by atoms with Crippen molar-refractivity contribution in [1.29, 1.82) is 0 Å². The number of rotatable bonds is 7. The van der Waals surface area contributed by atoms with E-state index in [1.54, 1.807) is 13.8 Å². The molecule has 0 fully saturated rings. The van der Waals surface area contributed by atoms with E-state index < -0.39 is 17.6 Å². The molecule has 0 radical (unpaired) electrons. The lowest BCUT2D eigenvalue weighted by atomic mass is 10.0. The molecule has 7 nitrogen and oxygen atoms in total. The topological polar surface area (TPSA) is 107 Å². The number of carbonyl (C=O) groups is 1. The molecule has 0 bridgehead atoms. The molecular formula is C19H25N3O4. The Labute approximate surface area is 152 Å². The third kappa shape index (κ3) is 4.29. The molecule has 0 saturated heterocycles. The molecule has 7 heteroatoms. The number of amides is 1. The molecule has 26 heavy (non-hydrogen) atoms. The molecule has 1 atom stereocenters. The van der Waals surface area contributed by atoms with E-state index in [0.29, 0.717) is 17.0 Å². The summed E-state index contributed by atoms with van der Waals surface area (Å²) >= 11 is 0. The van der Waals surface area contributed by atoms with Crippen LogP contribution in [-0.4, -0.2) is 33.5 Å². The fourth-order valence-corrected chi connectivity index (χ4v) is 2.71. The van der Waals surface area contributed by atoms with Gasteiger partial charge in [-0.05, 0) is 37.0 Å². The van der Waals surface area contributed by atoms with Crippen LogP contribution in [0.25, 0.3) is 0 Å². The van der Waals surface area contributed by atoms with Gasteiger partial charge in [-0.15, -0.1) is 0 Å². The van der Waals surface area contributed by atoms with Crippen molar-refractivity contribution >= 4 is 5.91 Å². The number of aryl methyl sites for hydroxylation is 1.